The van der Waals surface area contributed by atoms with Crippen LogP contribution in [0.1, 0.15) is 33.3 Å². The smallest absolute Gasteiger partial charge is 0.00117 e. The van der Waals surface area contributed by atoms with Crippen molar-refractivity contribution in [3.05, 3.63) is 76.9 Å². The zero-order valence-electron chi connectivity index (χ0n) is 13.3. The van der Waals surface area contributed by atoms with Gasteiger partial charge in [-0.15, -0.1) is 0 Å². The Morgan fingerprint density at radius 1 is 0.667 bits per heavy atom. The summed E-state index contributed by atoms with van der Waals surface area (Å²) < 4.78 is 0. The molecule has 2 aromatic rings. The number of allylic oxidation sites excluding steroid dienone is 4. The molecule has 0 heterocycles. The largest absolute Gasteiger partial charge is 0.0629 e. The predicted molar refractivity (Wildman–Crippen MR) is 92.0 cm³/mol. The lowest BCUT2D eigenvalue weighted by Gasteiger charge is -2.14. The van der Waals surface area contributed by atoms with Gasteiger partial charge in [0.1, 0.15) is 0 Å². The Labute approximate surface area is 127 Å². The summed E-state index contributed by atoms with van der Waals surface area (Å²) in [5.41, 5.74) is 9.87. The second-order valence-corrected chi connectivity index (χ2v) is 6.00. The van der Waals surface area contributed by atoms with Gasteiger partial charge in [0.15, 0.2) is 0 Å². The number of hydrogen-bond donors (Lipinski definition) is 0. The van der Waals surface area contributed by atoms with Crippen molar-refractivity contribution in [2.75, 3.05) is 0 Å². The number of rotatable bonds is 2. The maximum Gasteiger partial charge on any atom is -0.00117 e. The maximum absolute atomic E-state index is 2.31. The van der Waals surface area contributed by atoms with Gasteiger partial charge in [0.25, 0.3) is 0 Å². The lowest BCUT2D eigenvalue weighted by Crippen LogP contribution is -1.94. The van der Waals surface area contributed by atoms with Crippen LogP contribution in [0.25, 0.3) is 16.7 Å². The van der Waals surface area contributed by atoms with Crippen LogP contribution in [0.3, 0.4) is 0 Å². The maximum atomic E-state index is 2.31. The Kier molecular flexibility index (Phi) is 3.55. The molecule has 1 atom stereocenters. The zero-order chi connectivity index (χ0) is 15.0. The van der Waals surface area contributed by atoms with E-state index in [9.17, 15) is 0 Å². The molecule has 0 spiro atoms. The van der Waals surface area contributed by atoms with E-state index in [1.54, 1.807) is 0 Å². The second kappa shape index (κ2) is 5.37. The topological polar surface area (TPSA) is 0 Å². The highest BCUT2D eigenvalue weighted by molar-refractivity contribution is 5.92. The van der Waals surface area contributed by atoms with Gasteiger partial charge in [-0.3, -0.25) is 0 Å². The molecule has 0 bridgehead atoms. The van der Waals surface area contributed by atoms with Gasteiger partial charge in [-0.25, -0.2) is 0 Å². The first-order chi connectivity index (χ1) is 10.1. The van der Waals surface area contributed by atoms with Crippen LogP contribution in [0, 0.1) is 5.92 Å². The van der Waals surface area contributed by atoms with E-state index in [4.69, 9.17) is 0 Å². The molecule has 0 saturated carbocycles. The first-order valence-electron chi connectivity index (χ1n) is 7.64. The highest BCUT2D eigenvalue weighted by atomic mass is 14.3. The number of benzene rings is 2. The van der Waals surface area contributed by atoms with Crippen molar-refractivity contribution in [2.24, 2.45) is 5.92 Å². The SMILES string of the molecule is CC1=C(C)C(C)C(C)=C1c1ccccc1-c1ccccc1. The summed E-state index contributed by atoms with van der Waals surface area (Å²) in [6, 6.07) is 19.4. The molecule has 21 heavy (non-hydrogen) atoms. The average Bonchev–Trinajstić information content (AvgIpc) is 2.72. The lowest BCUT2D eigenvalue weighted by atomic mass is 9.90. The molecule has 0 fully saturated rings. The van der Waals surface area contributed by atoms with Gasteiger partial charge in [0.2, 0.25) is 0 Å². The van der Waals surface area contributed by atoms with Crippen LogP contribution in [0.4, 0.5) is 0 Å². The third kappa shape index (κ3) is 2.25. The molecule has 1 aliphatic rings. The third-order valence-corrected chi connectivity index (χ3v) is 4.94. The fourth-order valence-electron chi connectivity index (χ4n) is 3.34. The standard InChI is InChI=1S/C21H22/c1-14-15(2)17(4)21(16(14)3)20-13-9-8-12-19(20)18-10-6-5-7-11-18/h5-14H,1-4H3. The van der Waals surface area contributed by atoms with Crippen LogP contribution < -0.4 is 0 Å². The zero-order valence-corrected chi connectivity index (χ0v) is 13.3. The van der Waals surface area contributed by atoms with Gasteiger partial charge in [-0.05, 0) is 54.5 Å². The molecule has 0 amide bonds. The predicted octanol–water partition coefficient (Wildman–Crippen LogP) is 6.11. The molecule has 3 rings (SSSR count). The quantitative estimate of drug-likeness (QED) is 0.619. The summed E-state index contributed by atoms with van der Waals surface area (Å²) in [6.45, 7) is 9.12. The van der Waals surface area contributed by atoms with E-state index in [-0.39, 0.29) is 0 Å². The molecule has 0 aliphatic heterocycles. The monoisotopic (exact) mass is 274 g/mol. The van der Waals surface area contributed by atoms with Crippen molar-refractivity contribution in [1.82, 2.24) is 0 Å². The van der Waals surface area contributed by atoms with Gasteiger partial charge in [0, 0.05) is 0 Å². The molecule has 0 nitrogen and oxygen atoms in total. The summed E-state index contributed by atoms with van der Waals surface area (Å²) in [6.07, 6.45) is 0. The fourth-order valence-corrected chi connectivity index (χ4v) is 3.34. The summed E-state index contributed by atoms with van der Waals surface area (Å²) in [5.74, 6) is 0.559. The van der Waals surface area contributed by atoms with Crippen LogP contribution >= 0.6 is 0 Å². The first-order valence-corrected chi connectivity index (χ1v) is 7.64. The highest BCUT2D eigenvalue weighted by Crippen LogP contribution is 2.44. The van der Waals surface area contributed by atoms with E-state index in [0.29, 0.717) is 5.92 Å². The minimum atomic E-state index is 0.559. The van der Waals surface area contributed by atoms with E-state index >= 15 is 0 Å². The summed E-state index contributed by atoms with van der Waals surface area (Å²) in [4.78, 5) is 0. The van der Waals surface area contributed by atoms with E-state index in [1.807, 2.05) is 0 Å². The van der Waals surface area contributed by atoms with Crippen molar-refractivity contribution < 1.29 is 0 Å². The minimum Gasteiger partial charge on any atom is -0.0629 e. The molecule has 1 unspecified atom stereocenters. The van der Waals surface area contributed by atoms with E-state index in [1.165, 1.54) is 39.0 Å². The van der Waals surface area contributed by atoms with E-state index in [0.717, 1.165) is 0 Å². The molecule has 0 saturated heterocycles. The number of hydrogen-bond acceptors (Lipinski definition) is 0. The minimum absolute atomic E-state index is 0.559. The van der Waals surface area contributed by atoms with E-state index in [2.05, 4.69) is 82.3 Å². The Hall–Kier alpha value is -2.08. The molecule has 106 valence electrons. The molecule has 0 N–H and O–H groups in total. The van der Waals surface area contributed by atoms with Crippen molar-refractivity contribution in [3.8, 4) is 11.1 Å². The van der Waals surface area contributed by atoms with Crippen molar-refractivity contribution >= 4 is 5.57 Å². The van der Waals surface area contributed by atoms with Crippen LogP contribution in [0.5, 0.6) is 0 Å². The van der Waals surface area contributed by atoms with Crippen molar-refractivity contribution in [3.63, 3.8) is 0 Å². The van der Waals surface area contributed by atoms with Crippen molar-refractivity contribution in [1.29, 1.82) is 0 Å². The fraction of sp³-hybridized carbons (Fsp3) is 0.238. The molecule has 0 radical (unpaired) electrons. The average molecular weight is 274 g/mol. The van der Waals surface area contributed by atoms with Gasteiger partial charge in [-0.2, -0.15) is 0 Å². The molecular weight excluding hydrogens is 252 g/mol. The molecule has 1 aliphatic carbocycles. The molecule has 2 aromatic carbocycles. The van der Waals surface area contributed by atoms with E-state index < -0.39 is 0 Å². The Balaban J connectivity index is 2.22. The van der Waals surface area contributed by atoms with Crippen LogP contribution in [0.15, 0.2) is 71.3 Å². The summed E-state index contributed by atoms with van der Waals surface area (Å²) >= 11 is 0. The van der Waals surface area contributed by atoms with Crippen LogP contribution in [-0.2, 0) is 0 Å². The molecular formula is C21H22. The normalized spacial score (nSPS) is 18.6. The second-order valence-electron chi connectivity index (χ2n) is 6.00. The lowest BCUT2D eigenvalue weighted by molar-refractivity contribution is 0.818. The van der Waals surface area contributed by atoms with Gasteiger partial charge < -0.3 is 0 Å². The third-order valence-electron chi connectivity index (χ3n) is 4.94. The summed E-state index contributed by atoms with van der Waals surface area (Å²) in [7, 11) is 0. The van der Waals surface area contributed by atoms with Gasteiger partial charge >= 0.3 is 0 Å². The summed E-state index contributed by atoms with van der Waals surface area (Å²) in [5, 5.41) is 0. The Morgan fingerprint density at radius 2 is 1.24 bits per heavy atom. The Morgan fingerprint density at radius 3 is 1.81 bits per heavy atom. The molecule has 0 aromatic heterocycles. The highest BCUT2D eigenvalue weighted by Gasteiger charge is 2.25. The van der Waals surface area contributed by atoms with Crippen LogP contribution in [0.2, 0.25) is 0 Å². The van der Waals surface area contributed by atoms with Crippen molar-refractivity contribution in [2.45, 2.75) is 27.7 Å². The van der Waals surface area contributed by atoms with Gasteiger partial charge in [0.05, 0.1) is 0 Å². The van der Waals surface area contributed by atoms with Crippen LogP contribution in [-0.4, -0.2) is 0 Å². The first kappa shape index (κ1) is 13.9. The molecule has 0 heteroatoms. The Bertz CT molecular complexity index is 730. The van der Waals surface area contributed by atoms with Gasteiger partial charge in [-0.1, -0.05) is 72.7 Å².